The number of benzene rings is 1. The number of carboxylic acids is 1. The molecule has 0 amide bonds. The topological polar surface area (TPSA) is 147 Å². The van der Waals surface area contributed by atoms with Crippen LogP contribution in [-0.2, 0) is 4.79 Å². The van der Waals surface area contributed by atoms with E-state index in [2.05, 4.69) is 0 Å². The maximum absolute atomic E-state index is 11.7. The van der Waals surface area contributed by atoms with Gasteiger partial charge in [-0.15, -0.1) is 0 Å². The fraction of sp³-hybridized carbons (Fsp3) is 0.200. The van der Waals surface area contributed by atoms with Crippen LogP contribution in [-0.4, -0.2) is 38.9 Å². The van der Waals surface area contributed by atoms with Crippen LogP contribution in [0.3, 0.4) is 0 Å². The highest BCUT2D eigenvalue weighted by Crippen LogP contribution is 2.19. The van der Waals surface area contributed by atoms with Crippen LogP contribution in [0.4, 0.5) is 5.69 Å². The predicted octanol–water partition coefficient (Wildman–Crippen LogP) is -1.46. The van der Waals surface area contributed by atoms with Crippen LogP contribution in [0.15, 0.2) is 24.3 Å². The summed E-state index contributed by atoms with van der Waals surface area (Å²) in [5.41, 5.74) is 10.3. The molecule has 0 saturated carbocycles. The van der Waals surface area contributed by atoms with Gasteiger partial charge in [-0.2, -0.15) is 0 Å². The number of carboxylic acid groups (broad SMARTS) is 1. The fourth-order valence-electron chi connectivity index (χ4n) is 1.22. The molecule has 1 aromatic rings. The second-order valence-corrected chi connectivity index (χ2v) is 3.46. The SMILES string of the molecule is Nc1ccccc1C(=O)C(O)(O)C(N)C(=O)O. The summed E-state index contributed by atoms with van der Waals surface area (Å²) in [6, 6.07) is 3.45. The monoisotopic (exact) mass is 240 g/mol. The lowest BCUT2D eigenvalue weighted by Gasteiger charge is -2.24. The van der Waals surface area contributed by atoms with Crippen molar-refractivity contribution in [1.29, 1.82) is 0 Å². The number of hydrogen-bond donors (Lipinski definition) is 5. The van der Waals surface area contributed by atoms with Gasteiger partial charge >= 0.3 is 5.97 Å². The van der Waals surface area contributed by atoms with Crippen molar-refractivity contribution in [2.45, 2.75) is 11.8 Å². The number of aliphatic hydroxyl groups is 2. The van der Waals surface area contributed by atoms with Crippen molar-refractivity contribution in [3.05, 3.63) is 29.8 Å². The Balaban J connectivity index is 3.13. The normalized spacial score (nSPS) is 13.1. The van der Waals surface area contributed by atoms with Gasteiger partial charge in [0.2, 0.25) is 5.78 Å². The number of rotatable bonds is 4. The molecule has 1 rings (SSSR count). The van der Waals surface area contributed by atoms with Gasteiger partial charge < -0.3 is 26.8 Å². The largest absolute Gasteiger partial charge is 0.480 e. The van der Waals surface area contributed by atoms with Gasteiger partial charge in [0.15, 0.2) is 6.04 Å². The molecule has 0 aliphatic carbocycles. The van der Waals surface area contributed by atoms with E-state index < -0.39 is 23.6 Å². The van der Waals surface area contributed by atoms with Crippen molar-refractivity contribution in [3.8, 4) is 0 Å². The maximum atomic E-state index is 11.7. The van der Waals surface area contributed by atoms with Crippen molar-refractivity contribution >= 4 is 17.4 Å². The lowest BCUT2D eigenvalue weighted by atomic mass is 9.96. The predicted molar refractivity (Wildman–Crippen MR) is 58.0 cm³/mol. The average Bonchev–Trinajstić information content (AvgIpc) is 2.27. The van der Waals surface area contributed by atoms with E-state index in [0.717, 1.165) is 0 Å². The molecule has 0 fully saturated rings. The summed E-state index contributed by atoms with van der Waals surface area (Å²) in [5, 5.41) is 27.4. The third kappa shape index (κ3) is 2.41. The quantitative estimate of drug-likeness (QED) is 0.245. The number of Topliss-reactive ketones (excluding diaryl/α,β-unsaturated/α-hetero) is 1. The number of nitrogens with two attached hydrogens (primary N) is 2. The number of aliphatic carboxylic acids is 1. The summed E-state index contributed by atoms with van der Waals surface area (Å²) in [7, 11) is 0. The highest BCUT2D eigenvalue weighted by Gasteiger charge is 2.45. The van der Waals surface area contributed by atoms with Gasteiger partial charge in [0, 0.05) is 11.3 Å². The summed E-state index contributed by atoms with van der Waals surface area (Å²) < 4.78 is 0. The van der Waals surface area contributed by atoms with Gasteiger partial charge in [0.05, 0.1) is 0 Å². The Morgan fingerprint density at radius 1 is 1.24 bits per heavy atom. The Hall–Kier alpha value is -1.96. The van der Waals surface area contributed by atoms with E-state index in [4.69, 9.17) is 16.6 Å². The molecule has 0 radical (unpaired) electrons. The Morgan fingerprint density at radius 3 is 2.24 bits per heavy atom. The van der Waals surface area contributed by atoms with Gasteiger partial charge in [-0.3, -0.25) is 9.59 Å². The molecule has 7 N–H and O–H groups in total. The first-order chi connectivity index (χ1) is 7.78. The summed E-state index contributed by atoms with van der Waals surface area (Å²) in [6.45, 7) is 0. The minimum Gasteiger partial charge on any atom is -0.480 e. The summed E-state index contributed by atoms with van der Waals surface area (Å²) in [6.07, 6.45) is 0. The number of para-hydroxylation sites is 1. The van der Waals surface area contributed by atoms with Crippen LogP contribution in [0, 0.1) is 0 Å². The zero-order chi connectivity index (χ0) is 13.2. The summed E-state index contributed by atoms with van der Waals surface area (Å²) in [4.78, 5) is 22.2. The van der Waals surface area contributed by atoms with E-state index in [-0.39, 0.29) is 11.3 Å². The second kappa shape index (κ2) is 4.50. The Morgan fingerprint density at radius 2 is 1.76 bits per heavy atom. The molecule has 0 bridgehead atoms. The van der Waals surface area contributed by atoms with Crippen LogP contribution >= 0.6 is 0 Å². The molecule has 7 heteroatoms. The fourth-order valence-corrected chi connectivity index (χ4v) is 1.22. The molecule has 17 heavy (non-hydrogen) atoms. The van der Waals surface area contributed by atoms with Gasteiger partial charge in [-0.1, -0.05) is 12.1 Å². The lowest BCUT2D eigenvalue weighted by molar-refractivity contribution is -0.167. The van der Waals surface area contributed by atoms with Crippen molar-refractivity contribution in [3.63, 3.8) is 0 Å². The summed E-state index contributed by atoms with van der Waals surface area (Å²) in [5.74, 6) is -6.18. The average molecular weight is 240 g/mol. The molecule has 1 atom stereocenters. The molecule has 1 unspecified atom stereocenters. The zero-order valence-electron chi connectivity index (χ0n) is 8.70. The van der Waals surface area contributed by atoms with Crippen molar-refractivity contribution in [2.75, 3.05) is 5.73 Å². The van der Waals surface area contributed by atoms with Crippen molar-refractivity contribution in [2.24, 2.45) is 5.73 Å². The number of anilines is 1. The second-order valence-electron chi connectivity index (χ2n) is 3.46. The number of nitrogen functional groups attached to an aromatic ring is 1. The van der Waals surface area contributed by atoms with E-state index in [1.54, 1.807) is 6.07 Å². The molecule has 0 spiro atoms. The van der Waals surface area contributed by atoms with Crippen molar-refractivity contribution < 1.29 is 24.9 Å². The highest BCUT2D eigenvalue weighted by molar-refractivity contribution is 6.07. The van der Waals surface area contributed by atoms with E-state index in [1.807, 2.05) is 0 Å². The number of carbonyl (C=O) groups excluding carboxylic acids is 1. The van der Waals surface area contributed by atoms with Gasteiger partial charge in [-0.05, 0) is 12.1 Å². The van der Waals surface area contributed by atoms with E-state index in [0.29, 0.717) is 0 Å². The Bertz CT molecular complexity index is 458. The smallest absolute Gasteiger partial charge is 0.326 e. The van der Waals surface area contributed by atoms with Crippen LogP contribution < -0.4 is 11.5 Å². The molecule has 0 aliphatic heterocycles. The Kier molecular flexibility index (Phi) is 3.47. The summed E-state index contributed by atoms with van der Waals surface area (Å²) >= 11 is 0. The van der Waals surface area contributed by atoms with Gasteiger partial charge in [-0.25, -0.2) is 0 Å². The molecular formula is C10H12N2O5. The van der Waals surface area contributed by atoms with Gasteiger partial charge in [0.1, 0.15) is 0 Å². The van der Waals surface area contributed by atoms with Gasteiger partial charge in [0.25, 0.3) is 5.79 Å². The highest BCUT2D eigenvalue weighted by atomic mass is 16.5. The standard InChI is InChI=1S/C10H12N2O5/c11-6-4-2-1-3-5(6)8(13)10(16,17)7(12)9(14)15/h1-4,7,16-17H,11-12H2,(H,14,15). The van der Waals surface area contributed by atoms with Crippen LogP contribution in [0.1, 0.15) is 10.4 Å². The zero-order valence-corrected chi connectivity index (χ0v) is 8.70. The molecule has 0 heterocycles. The minimum absolute atomic E-state index is 0.00237. The molecular weight excluding hydrogens is 228 g/mol. The maximum Gasteiger partial charge on any atom is 0.326 e. The molecule has 92 valence electrons. The number of carbonyl (C=O) groups is 2. The number of ketones is 1. The van der Waals surface area contributed by atoms with Crippen LogP contribution in [0.2, 0.25) is 0 Å². The third-order valence-corrected chi connectivity index (χ3v) is 2.24. The van der Waals surface area contributed by atoms with Crippen LogP contribution in [0.5, 0.6) is 0 Å². The first-order valence-electron chi connectivity index (χ1n) is 4.61. The number of hydrogen-bond acceptors (Lipinski definition) is 6. The van der Waals surface area contributed by atoms with Crippen LogP contribution in [0.25, 0.3) is 0 Å². The van der Waals surface area contributed by atoms with E-state index in [1.165, 1.54) is 18.2 Å². The minimum atomic E-state index is -3.21. The lowest BCUT2D eigenvalue weighted by Crippen LogP contribution is -2.58. The molecule has 0 saturated heterocycles. The molecule has 7 nitrogen and oxygen atoms in total. The van der Waals surface area contributed by atoms with E-state index >= 15 is 0 Å². The van der Waals surface area contributed by atoms with Crippen molar-refractivity contribution in [1.82, 2.24) is 0 Å². The van der Waals surface area contributed by atoms with E-state index in [9.17, 15) is 19.8 Å². The first-order valence-corrected chi connectivity index (χ1v) is 4.61. The third-order valence-electron chi connectivity index (χ3n) is 2.24. The molecule has 0 aromatic heterocycles. The first kappa shape index (κ1) is 13.1. The molecule has 0 aliphatic rings. The molecule has 1 aromatic carbocycles. The Labute approximate surface area is 96.3 Å².